The highest BCUT2D eigenvalue weighted by Crippen LogP contribution is 2.46. The Kier molecular flexibility index (Phi) is 7.25. The summed E-state index contributed by atoms with van der Waals surface area (Å²) in [4.78, 5) is 50.4. The molecule has 4 heterocycles. The van der Waals surface area contributed by atoms with Crippen LogP contribution in [0.2, 0.25) is 0 Å². The zero-order chi connectivity index (χ0) is 28.5. The van der Waals surface area contributed by atoms with E-state index in [1.54, 1.807) is 28.1 Å². The fourth-order valence-electron chi connectivity index (χ4n) is 5.25. The number of nitrogens with one attached hydrogen (secondary N) is 2. The maximum absolute atomic E-state index is 13.5. The van der Waals surface area contributed by atoms with Crippen molar-refractivity contribution in [3.63, 3.8) is 0 Å². The molecule has 9 nitrogen and oxygen atoms in total. The molecule has 41 heavy (non-hydrogen) atoms. The minimum Gasteiger partial charge on any atom is -0.347 e. The van der Waals surface area contributed by atoms with Crippen molar-refractivity contribution in [3.8, 4) is 11.1 Å². The topological polar surface area (TPSA) is 97.9 Å². The molecule has 0 radical (unpaired) electrons. The smallest absolute Gasteiger partial charge is 0.331 e. The number of thiophene rings is 1. The molecule has 2 aliphatic rings. The number of aromatic nitrogens is 1. The lowest BCUT2D eigenvalue weighted by molar-refractivity contribution is -0.125. The zero-order valence-electron chi connectivity index (χ0n) is 22.8. The lowest BCUT2D eigenvalue weighted by Crippen LogP contribution is -2.39. The van der Waals surface area contributed by atoms with E-state index >= 15 is 0 Å². The van der Waals surface area contributed by atoms with Gasteiger partial charge in [0.25, 0.3) is 5.91 Å². The number of carbonyl (C=O) groups is 3. The molecule has 10 heteroatoms. The normalized spacial score (nSPS) is 16.6. The van der Waals surface area contributed by atoms with Crippen LogP contribution in [0.4, 0.5) is 21.9 Å². The molecular weight excluding hydrogens is 536 g/mol. The first kappa shape index (κ1) is 26.7. The van der Waals surface area contributed by atoms with Crippen molar-refractivity contribution < 1.29 is 14.4 Å². The highest BCUT2D eigenvalue weighted by molar-refractivity contribution is 7.21. The molecule has 0 spiro atoms. The first-order valence-corrected chi connectivity index (χ1v) is 14.3. The fourth-order valence-corrected chi connectivity index (χ4v) is 6.28. The van der Waals surface area contributed by atoms with Crippen molar-refractivity contribution >= 4 is 56.5 Å². The van der Waals surface area contributed by atoms with Gasteiger partial charge in [-0.2, -0.15) is 0 Å². The van der Waals surface area contributed by atoms with E-state index in [1.165, 1.54) is 11.3 Å². The first-order valence-electron chi connectivity index (χ1n) is 13.5. The third-order valence-electron chi connectivity index (χ3n) is 7.23. The number of anilines is 3. The van der Waals surface area contributed by atoms with Gasteiger partial charge in [-0.25, -0.2) is 9.78 Å². The first-order chi connectivity index (χ1) is 19.9. The molecule has 4 aromatic rings. The van der Waals surface area contributed by atoms with Crippen LogP contribution in [0.1, 0.15) is 16.1 Å². The van der Waals surface area contributed by atoms with Crippen LogP contribution in [-0.4, -0.2) is 72.4 Å². The Morgan fingerprint density at radius 3 is 2.73 bits per heavy atom. The van der Waals surface area contributed by atoms with Gasteiger partial charge in [0, 0.05) is 37.9 Å². The van der Waals surface area contributed by atoms with Crippen LogP contribution >= 0.6 is 11.3 Å². The molecule has 2 aromatic heterocycles. The summed E-state index contributed by atoms with van der Waals surface area (Å²) in [5, 5.41) is 6.77. The second kappa shape index (κ2) is 11.1. The summed E-state index contributed by atoms with van der Waals surface area (Å²) < 4.78 is 0. The van der Waals surface area contributed by atoms with Crippen LogP contribution in [0.3, 0.4) is 0 Å². The summed E-state index contributed by atoms with van der Waals surface area (Å²) in [6.07, 6.45) is 5.76. The van der Waals surface area contributed by atoms with Crippen molar-refractivity contribution in [1.82, 2.24) is 20.1 Å². The van der Waals surface area contributed by atoms with E-state index in [4.69, 9.17) is 0 Å². The SMILES string of the molecule is CN(C)C/C=C/C(=O)N1CC[C@@H](NC(=O)c2sc3nccc4c3c2NC(=O)N4c2cccc(-c3ccccc3)c2)C1. The minimum atomic E-state index is -0.343. The molecular formula is C31H30N6O3S. The molecule has 6 rings (SSSR count). The number of urea groups is 1. The lowest BCUT2D eigenvalue weighted by atomic mass is 10.0. The Hall–Kier alpha value is -4.54. The second-order valence-electron chi connectivity index (χ2n) is 10.4. The number of rotatable bonds is 7. The number of nitrogens with zero attached hydrogens (tertiary/aromatic N) is 4. The standard InChI is InChI=1S/C31H30N6O3S/c1-35(2)16-7-12-25(38)36-17-14-22(19-36)33-29(39)28-27-26-24(13-15-32-30(26)41-28)37(31(40)34-27)23-11-6-10-21(18-23)20-8-4-3-5-9-20/h3-13,15,18,22H,14,16-17,19H2,1-2H3,(H,33,39)(H,34,40)/b12-7+/t22-/m1/s1. The molecule has 2 aromatic carbocycles. The van der Waals surface area contributed by atoms with Crippen LogP contribution in [0.25, 0.3) is 21.3 Å². The third-order valence-corrected chi connectivity index (χ3v) is 8.33. The van der Waals surface area contributed by atoms with E-state index < -0.39 is 0 Å². The summed E-state index contributed by atoms with van der Waals surface area (Å²) in [6, 6.07) is 19.1. The second-order valence-corrected chi connectivity index (χ2v) is 11.4. The number of hydrogen-bond donors (Lipinski definition) is 2. The van der Waals surface area contributed by atoms with Gasteiger partial charge in [0.2, 0.25) is 5.91 Å². The van der Waals surface area contributed by atoms with Crippen molar-refractivity contribution in [2.45, 2.75) is 12.5 Å². The Bertz CT molecular complexity index is 1670. The van der Waals surface area contributed by atoms with E-state index in [2.05, 4.69) is 15.6 Å². The molecule has 1 fully saturated rings. The molecule has 208 valence electrons. The Balaban J connectivity index is 1.24. The summed E-state index contributed by atoms with van der Waals surface area (Å²) >= 11 is 1.25. The molecule has 0 unspecified atom stereocenters. The van der Waals surface area contributed by atoms with Crippen molar-refractivity contribution in [2.24, 2.45) is 0 Å². The van der Waals surface area contributed by atoms with Gasteiger partial charge in [0.05, 0.1) is 22.4 Å². The molecule has 0 bridgehead atoms. The summed E-state index contributed by atoms with van der Waals surface area (Å²) in [6.45, 7) is 1.71. The van der Waals surface area contributed by atoms with E-state index in [1.807, 2.05) is 79.7 Å². The van der Waals surface area contributed by atoms with Gasteiger partial charge >= 0.3 is 6.03 Å². The molecule has 1 atom stereocenters. The van der Waals surface area contributed by atoms with Gasteiger partial charge in [-0.05, 0) is 49.8 Å². The Labute approximate surface area is 242 Å². The van der Waals surface area contributed by atoms with E-state index in [0.29, 0.717) is 47.1 Å². The average molecular weight is 567 g/mol. The lowest BCUT2D eigenvalue weighted by Gasteiger charge is -2.28. The molecule has 0 saturated carbocycles. The molecule has 0 aliphatic carbocycles. The molecule has 1 saturated heterocycles. The largest absolute Gasteiger partial charge is 0.347 e. The predicted molar refractivity (Wildman–Crippen MR) is 163 cm³/mol. The Morgan fingerprint density at radius 1 is 1.12 bits per heavy atom. The number of benzene rings is 2. The quantitative estimate of drug-likeness (QED) is 0.304. The van der Waals surface area contributed by atoms with Gasteiger partial charge in [0.1, 0.15) is 9.71 Å². The minimum absolute atomic E-state index is 0.0573. The Morgan fingerprint density at radius 2 is 1.93 bits per heavy atom. The van der Waals surface area contributed by atoms with Crippen LogP contribution in [0.5, 0.6) is 0 Å². The monoisotopic (exact) mass is 566 g/mol. The summed E-state index contributed by atoms with van der Waals surface area (Å²) in [5.74, 6) is -0.339. The van der Waals surface area contributed by atoms with Gasteiger partial charge in [-0.15, -0.1) is 11.3 Å². The van der Waals surface area contributed by atoms with Crippen LogP contribution < -0.4 is 15.5 Å². The van der Waals surface area contributed by atoms with Crippen LogP contribution in [-0.2, 0) is 4.79 Å². The van der Waals surface area contributed by atoms with Crippen LogP contribution in [0, 0.1) is 0 Å². The van der Waals surface area contributed by atoms with Gasteiger partial charge in [0.15, 0.2) is 0 Å². The van der Waals surface area contributed by atoms with E-state index in [-0.39, 0.29) is 23.9 Å². The van der Waals surface area contributed by atoms with Crippen molar-refractivity contribution in [1.29, 1.82) is 0 Å². The highest BCUT2D eigenvalue weighted by Gasteiger charge is 2.34. The molecule has 4 amide bonds. The molecule has 2 aliphatic heterocycles. The number of pyridine rings is 1. The van der Waals surface area contributed by atoms with Crippen LogP contribution in [0.15, 0.2) is 79.0 Å². The van der Waals surface area contributed by atoms with E-state index in [0.717, 1.165) is 22.2 Å². The maximum atomic E-state index is 13.5. The summed E-state index contributed by atoms with van der Waals surface area (Å²) in [7, 11) is 3.89. The fraction of sp³-hybridized carbons (Fsp3) is 0.226. The average Bonchev–Trinajstić information content (AvgIpc) is 3.59. The predicted octanol–water partition coefficient (Wildman–Crippen LogP) is 5.10. The number of likely N-dealkylation sites (tertiary alicyclic amines) is 1. The zero-order valence-corrected chi connectivity index (χ0v) is 23.6. The number of likely N-dealkylation sites (N-methyl/N-ethyl adjacent to an activating group) is 1. The number of amides is 4. The number of carbonyl (C=O) groups excluding carboxylic acids is 3. The van der Waals surface area contributed by atoms with E-state index in [9.17, 15) is 14.4 Å². The highest BCUT2D eigenvalue weighted by atomic mass is 32.1. The number of hydrogen-bond acceptors (Lipinski definition) is 6. The van der Waals surface area contributed by atoms with Crippen molar-refractivity contribution in [3.05, 3.63) is 83.9 Å². The summed E-state index contributed by atoms with van der Waals surface area (Å²) in [5.41, 5.74) is 3.92. The third kappa shape index (κ3) is 5.31. The van der Waals surface area contributed by atoms with Gasteiger partial charge in [-0.1, -0.05) is 48.5 Å². The maximum Gasteiger partial charge on any atom is 0.331 e. The van der Waals surface area contributed by atoms with Gasteiger partial charge < -0.3 is 20.4 Å². The van der Waals surface area contributed by atoms with Crippen molar-refractivity contribution in [2.75, 3.05) is 43.9 Å². The molecule has 2 N–H and O–H groups in total. The van der Waals surface area contributed by atoms with Gasteiger partial charge in [-0.3, -0.25) is 14.5 Å².